The third-order valence-electron chi connectivity index (χ3n) is 5.83. The summed E-state index contributed by atoms with van der Waals surface area (Å²) in [6.45, 7) is 12.1. The Labute approximate surface area is 151 Å². The minimum Gasteiger partial charge on any atom is -0.463 e. The first-order valence-electron chi connectivity index (χ1n) is 9.58. The molecule has 0 aromatic carbocycles. The molecule has 25 heavy (non-hydrogen) atoms. The number of cyclic esters (lactones) is 2. The Morgan fingerprint density at radius 1 is 0.760 bits per heavy atom. The van der Waals surface area contributed by atoms with E-state index in [4.69, 9.17) is 14.2 Å². The standard InChI is InChI=1S/C20H34O5/c1-13-7-9-15(11-17(21)23-13)19(3,4)25-20(5,6)16-10-8-14(2)24-18(22)12-16/h13-16H,7-12H2,1-6H3/t13-,14-,15+,16+/m0/s1. The van der Waals surface area contributed by atoms with Crippen molar-refractivity contribution in [2.75, 3.05) is 0 Å². The molecule has 0 aliphatic carbocycles. The van der Waals surface area contributed by atoms with Crippen LogP contribution in [0.1, 0.15) is 80.1 Å². The Bertz CT molecular complexity index is 452. The molecule has 0 unspecified atom stereocenters. The normalized spacial score (nSPS) is 32.4. The molecular formula is C20H34O5. The molecule has 0 amide bonds. The van der Waals surface area contributed by atoms with E-state index in [-0.39, 0.29) is 36.0 Å². The fraction of sp³-hybridized carbons (Fsp3) is 0.900. The van der Waals surface area contributed by atoms with Gasteiger partial charge in [-0.15, -0.1) is 0 Å². The van der Waals surface area contributed by atoms with Gasteiger partial charge in [0.05, 0.1) is 36.3 Å². The van der Waals surface area contributed by atoms with Crippen LogP contribution >= 0.6 is 0 Å². The summed E-state index contributed by atoms with van der Waals surface area (Å²) in [7, 11) is 0. The van der Waals surface area contributed by atoms with Crippen LogP contribution in [0, 0.1) is 11.8 Å². The highest BCUT2D eigenvalue weighted by atomic mass is 16.6. The molecule has 5 nitrogen and oxygen atoms in total. The Morgan fingerprint density at radius 2 is 1.12 bits per heavy atom. The Hall–Kier alpha value is -1.10. The highest BCUT2D eigenvalue weighted by molar-refractivity contribution is 5.70. The van der Waals surface area contributed by atoms with Crippen LogP contribution in [0.2, 0.25) is 0 Å². The largest absolute Gasteiger partial charge is 0.463 e. The molecule has 0 bridgehead atoms. The number of carbonyl (C=O) groups is 2. The van der Waals surface area contributed by atoms with Gasteiger partial charge < -0.3 is 14.2 Å². The summed E-state index contributed by atoms with van der Waals surface area (Å²) in [6, 6.07) is 0. The molecule has 0 N–H and O–H groups in total. The van der Waals surface area contributed by atoms with Crippen LogP contribution in [0.3, 0.4) is 0 Å². The maximum Gasteiger partial charge on any atom is 0.306 e. The molecule has 2 aliphatic rings. The van der Waals surface area contributed by atoms with Crippen molar-refractivity contribution < 1.29 is 23.8 Å². The van der Waals surface area contributed by atoms with Gasteiger partial charge in [0.1, 0.15) is 0 Å². The third-order valence-corrected chi connectivity index (χ3v) is 5.83. The topological polar surface area (TPSA) is 61.8 Å². The number of hydrogen-bond donors (Lipinski definition) is 0. The summed E-state index contributed by atoms with van der Waals surface area (Å²) < 4.78 is 17.3. The van der Waals surface area contributed by atoms with Crippen molar-refractivity contribution in [2.24, 2.45) is 11.8 Å². The summed E-state index contributed by atoms with van der Waals surface area (Å²) >= 11 is 0. The lowest BCUT2D eigenvalue weighted by Gasteiger charge is -2.44. The van der Waals surface area contributed by atoms with Crippen molar-refractivity contribution in [2.45, 2.75) is 103 Å². The summed E-state index contributed by atoms with van der Waals surface area (Å²) in [6.07, 6.45) is 4.24. The zero-order chi connectivity index (χ0) is 18.8. The quantitative estimate of drug-likeness (QED) is 0.714. The highest BCUT2D eigenvalue weighted by Gasteiger charge is 2.43. The molecule has 0 saturated carbocycles. The van der Waals surface area contributed by atoms with E-state index in [1.165, 1.54) is 0 Å². The van der Waals surface area contributed by atoms with Gasteiger partial charge in [-0.3, -0.25) is 9.59 Å². The maximum absolute atomic E-state index is 12.0. The smallest absolute Gasteiger partial charge is 0.306 e. The van der Waals surface area contributed by atoms with Crippen molar-refractivity contribution in [3.8, 4) is 0 Å². The van der Waals surface area contributed by atoms with Crippen LogP contribution in [0.5, 0.6) is 0 Å². The first kappa shape index (κ1) is 20.2. The first-order chi connectivity index (χ1) is 11.5. The lowest BCUT2D eigenvalue weighted by Crippen LogP contribution is -2.47. The predicted octanol–water partition coefficient (Wildman–Crippen LogP) is 4.02. The van der Waals surface area contributed by atoms with E-state index in [0.717, 1.165) is 25.7 Å². The second-order valence-electron chi connectivity index (χ2n) is 8.87. The minimum absolute atomic E-state index is 0.0283. The van der Waals surface area contributed by atoms with Gasteiger partial charge in [-0.25, -0.2) is 0 Å². The Kier molecular flexibility index (Phi) is 6.18. The van der Waals surface area contributed by atoms with Gasteiger partial charge >= 0.3 is 11.9 Å². The molecule has 4 atom stereocenters. The van der Waals surface area contributed by atoms with E-state index in [2.05, 4.69) is 27.7 Å². The van der Waals surface area contributed by atoms with Crippen LogP contribution in [0.4, 0.5) is 0 Å². The molecule has 2 saturated heterocycles. The summed E-state index contributed by atoms with van der Waals surface area (Å²) in [5, 5.41) is 0. The lowest BCUT2D eigenvalue weighted by molar-refractivity contribution is -0.181. The van der Waals surface area contributed by atoms with Gasteiger partial charge in [-0.1, -0.05) is 0 Å². The number of rotatable bonds is 4. The Morgan fingerprint density at radius 3 is 1.48 bits per heavy atom. The van der Waals surface area contributed by atoms with E-state index < -0.39 is 11.2 Å². The summed E-state index contributed by atoms with van der Waals surface area (Å²) in [5.74, 6) is -0.0607. The Balaban J connectivity index is 2.08. The molecule has 0 aromatic heterocycles. The molecule has 2 fully saturated rings. The fourth-order valence-electron chi connectivity index (χ4n) is 4.17. The molecule has 2 rings (SSSR count). The van der Waals surface area contributed by atoms with Crippen LogP contribution < -0.4 is 0 Å². The number of ether oxygens (including phenoxy) is 3. The summed E-state index contributed by atoms with van der Waals surface area (Å²) in [5.41, 5.74) is -0.928. The number of hydrogen-bond acceptors (Lipinski definition) is 5. The van der Waals surface area contributed by atoms with Crippen molar-refractivity contribution in [1.82, 2.24) is 0 Å². The van der Waals surface area contributed by atoms with Crippen molar-refractivity contribution in [1.29, 1.82) is 0 Å². The molecule has 2 aliphatic heterocycles. The van der Waals surface area contributed by atoms with E-state index in [1.807, 2.05) is 13.8 Å². The molecular weight excluding hydrogens is 320 g/mol. The van der Waals surface area contributed by atoms with E-state index in [9.17, 15) is 9.59 Å². The third kappa shape index (κ3) is 5.44. The van der Waals surface area contributed by atoms with Gasteiger partial charge in [-0.2, -0.15) is 0 Å². The van der Waals surface area contributed by atoms with E-state index >= 15 is 0 Å². The van der Waals surface area contributed by atoms with E-state index in [1.54, 1.807) is 0 Å². The maximum atomic E-state index is 12.0. The minimum atomic E-state index is -0.464. The lowest BCUT2D eigenvalue weighted by atomic mass is 9.80. The van der Waals surface area contributed by atoms with Crippen LogP contribution in [0.25, 0.3) is 0 Å². The van der Waals surface area contributed by atoms with Crippen LogP contribution in [0.15, 0.2) is 0 Å². The number of carbonyl (C=O) groups excluding carboxylic acids is 2. The zero-order valence-corrected chi connectivity index (χ0v) is 16.6. The monoisotopic (exact) mass is 354 g/mol. The van der Waals surface area contributed by atoms with Crippen molar-refractivity contribution in [3.05, 3.63) is 0 Å². The highest BCUT2D eigenvalue weighted by Crippen LogP contribution is 2.40. The average Bonchev–Trinajstić information content (AvgIpc) is 2.73. The predicted molar refractivity (Wildman–Crippen MR) is 95.0 cm³/mol. The van der Waals surface area contributed by atoms with E-state index in [0.29, 0.717) is 12.8 Å². The fourth-order valence-corrected chi connectivity index (χ4v) is 4.17. The van der Waals surface area contributed by atoms with Crippen molar-refractivity contribution >= 4 is 11.9 Å². The van der Waals surface area contributed by atoms with Crippen LogP contribution in [-0.2, 0) is 23.8 Å². The molecule has 0 aromatic rings. The molecule has 0 spiro atoms. The van der Waals surface area contributed by atoms with Crippen LogP contribution in [-0.4, -0.2) is 35.3 Å². The van der Waals surface area contributed by atoms with Gasteiger partial charge in [-0.05, 0) is 79.1 Å². The van der Waals surface area contributed by atoms with Gasteiger partial charge in [0.15, 0.2) is 0 Å². The average molecular weight is 354 g/mol. The molecule has 144 valence electrons. The zero-order valence-electron chi connectivity index (χ0n) is 16.6. The van der Waals surface area contributed by atoms with Gasteiger partial charge in [0.2, 0.25) is 0 Å². The number of esters is 2. The van der Waals surface area contributed by atoms with Crippen molar-refractivity contribution in [3.63, 3.8) is 0 Å². The molecule has 2 heterocycles. The molecule has 5 heteroatoms. The summed E-state index contributed by atoms with van der Waals surface area (Å²) in [4.78, 5) is 24.0. The van der Waals surface area contributed by atoms with Gasteiger partial charge in [0, 0.05) is 0 Å². The van der Waals surface area contributed by atoms with Gasteiger partial charge in [0.25, 0.3) is 0 Å². The SMILES string of the molecule is C[C@H]1CC[C@@H](C(C)(C)OC(C)(C)[C@@H]2CC[C@H](C)OC(=O)C2)CC(=O)O1. The second-order valence-corrected chi connectivity index (χ2v) is 8.87. The second kappa shape index (κ2) is 7.65. The molecule has 0 radical (unpaired) electrons. The first-order valence-corrected chi connectivity index (χ1v) is 9.58.